The van der Waals surface area contributed by atoms with Gasteiger partial charge in [-0.1, -0.05) is 24.8 Å². The summed E-state index contributed by atoms with van der Waals surface area (Å²) >= 11 is 0. The molecule has 2 aromatic carbocycles. The second kappa shape index (κ2) is 30.2. The molecular weight excluding hydrogens is 1210 g/mol. The molecule has 3 amide bonds. The number of unbranched alkanes of at least 4 members (excludes halogenated alkanes) is 2. The van der Waals surface area contributed by atoms with E-state index in [4.69, 9.17) is 55.1 Å². The summed E-state index contributed by atoms with van der Waals surface area (Å²) in [6.07, 6.45) is 0.0238. The number of phosphoric acid groups is 3. The molecule has 7 unspecified atom stereocenters. The molecule has 4 aromatic rings. The van der Waals surface area contributed by atoms with E-state index in [0.717, 1.165) is 22.2 Å². The highest BCUT2D eigenvalue weighted by molar-refractivity contribution is 7.66. The van der Waals surface area contributed by atoms with Crippen LogP contribution in [0, 0.1) is 11.8 Å². The molecule has 7 atom stereocenters. The van der Waals surface area contributed by atoms with Crippen LogP contribution in [0.3, 0.4) is 0 Å². The minimum atomic E-state index is -5.80. The Hall–Kier alpha value is -6.42. The zero-order valence-corrected chi connectivity index (χ0v) is 51.3. The summed E-state index contributed by atoms with van der Waals surface area (Å²) in [6.45, 7) is 11.0. The van der Waals surface area contributed by atoms with Crippen molar-refractivity contribution in [2.45, 2.75) is 128 Å². The van der Waals surface area contributed by atoms with Gasteiger partial charge in [0.1, 0.15) is 60.1 Å². The Bertz CT molecular complexity index is 3470. The maximum absolute atomic E-state index is 13.2. The van der Waals surface area contributed by atoms with Gasteiger partial charge < -0.3 is 85.7 Å². The second-order valence-corrected chi connectivity index (χ2v) is 26.3. The van der Waals surface area contributed by atoms with Crippen molar-refractivity contribution in [2.24, 2.45) is 11.5 Å². The summed E-state index contributed by atoms with van der Waals surface area (Å²) in [5.74, 6) is 3.74. The minimum absolute atomic E-state index is 0.0173. The third-order valence-electron chi connectivity index (χ3n) is 13.2. The summed E-state index contributed by atoms with van der Waals surface area (Å²) in [7, 11) is -17.0. The van der Waals surface area contributed by atoms with E-state index >= 15 is 0 Å². The van der Waals surface area contributed by atoms with Crippen LogP contribution < -0.4 is 54.1 Å². The Morgan fingerprint density at radius 1 is 0.943 bits per heavy atom. The lowest BCUT2D eigenvalue weighted by Gasteiger charge is -2.47. The summed E-state index contributed by atoms with van der Waals surface area (Å²) in [4.78, 5) is 120. The Morgan fingerprint density at radius 2 is 1.66 bits per heavy atom. The van der Waals surface area contributed by atoms with E-state index in [1.807, 2.05) is 32.9 Å². The van der Waals surface area contributed by atoms with E-state index < -0.39 is 96.8 Å². The maximum atomic E-state index is 13.2. The summed E-state index contributed by atoms with van der Waals surface area (Å²) in [5.41, 5.74) is 17.5. The molecule has 0 saturated carbocycles. The van der Waals surface area contributed by atoms with Crippen LogP contribution in [0.1, 0.15) is 130 Å². The first-order valence-electron chi connectivity index (χ1n) is 27.4. The molecule has 6 rings (SSSR count). The molecule has 0 bridgehead atoms. The third kappa shape index (κ3) is 21.4. The number of hydrogen-bond acceptors (Lipinski definition) is 23. The molecule has 2 aromatic heterocycles. The van der Waals surface area contributed by atoms with Crippen molar-refractivity contribution in [1.29, 1.82) is 0 Å². The zero-order valence-electron chi connectivity index (χ0n) is 48.7. The molecule has 31 nitrogen and oxygen atoms in total. The van der Waals surface area contributed by atoms with Gasteiger partial charge in [0.2, 0.25) is 5.91 Å². The standard InChI is InChI=1S/C53H74N9O22P3/c1-32-26-53(5,6)62(20-12-16-46(64)82-52(2,3)4)39-24-40-35(22-37(32)39)23-38(50(67)81-40)49(66)59-18-9-7-8-17-58-48(65)33-13-10-15-36(21-33)76-29-43(55)77-30-44(63)57-19-11-14-34-27-61(51(68)60-47(34)56)45-25-41(78-31-54)42(80-45)28-79-86(72,73)84-87(74,75)83-85(69,70)71/h10,13,15,21-24,27,32,41-43,45H,7-9,12,16-20,25-26,28-31,54-55H2,1-6H3,(H,57,63)(H,58,65)(H,59,66)(H,72,73)(H,74,75)(H2,56,60,68)(H2,69,70,71). The van der Waals surface area contributed by atoms with Crippen LogP contribution in [0.4, 0.5) is 11.5 Å². The van der Waals surface area contributed by atoms with Crippen LogP contribution in [0.15, 0.2) is 62.7 Å². The van der Waals surface area contributed by atoms with Gasteiger partial charge in [-0.2, -0.15) is 13.6 Å². The summed E-state index contributed by atoms with van der Waals surface area (Å²) < 4.78 is 81.4. The fourth-order valence-electron chi connectivity index (χ4n) is 9.53. The molecule has 478 valence electrons. The number of phosphoric ester groups is 1. The molecule has 2 aliphatic heterocycles. The lowest BCUT2D eigenvalue weighted by molar-refractivity contribution is -0.154. The van der Waals surface area contributed by atoms with Crippen LogP contribution in [0.5, 0.6) is 5.75 Å². The van der Waals surface area contributed by atoms with Gasteiger partial charge in [0.15, 0.2) is 0 Å². The Kier molecular flexibility index (Phi) is 24.2. The van der Waals surface area contributed by atoms with Gasteiger partial charge in [-0.05, 0) is 109 Å². The lowest BCUT2D eigenvalue weighted by atomic mass is 9.79. The number of fused-ring (bicyclic) bond motifs is 2. The number of amides is 3. The summed E-state index contributed by atoms with van der Waals surface area (Å²) in [6, 6.07) is 11.7. The van der Waals surface area contributed by atoms with Crippen molar-refractivity contribution < 1.29 is 93.7 Å². The molecular formula is C53H74N9O22P3. The van der Waals surface area contributed by atoms with Gasteiger partial charge in [0, 0.05) is 66.9 Å². The minimum Gasteiger partial charge on any atom is -0.489 e. The molecule has 0 spiro atoms. The number of nitrogens with two attached hydrogens (primary N) is 3. The molecule has 4 heterocycles. The Morgan fingerprint density at radius 3 is 2.34 bits per heavy atom. The largest absolute Gasteiger partial charge is 0.490 e. The van der Waals surface area contributed by atoms with Gasteiger partial charge in [-0.15, -0.1) is 0 Å². The van der Waals surface area contributed by atoms with Crippen molar-refractivity contribution in [3.05, 3.63) is 91.8 Å². The number of nitrogens with one attached hydrogen (secondary N) is 3. The fourth-order valence-corrected chi connectivity index (χ4v) is 12.6. The van der Waals surface area contributed by atoms with Crippen LogP contribution >= 0.6 is 23.5 Å². The van der Waals surface area contributed by atoms with Crippen LogP contribution in [0.25, 0.3) is 11.0 Å². The number of carbonyl (C=O) groups is 4. The van der Waals surface area contributed by atoms with Gasteiger partial charge >= 0.3 is 40.8 Å². The highest BCUT2D eigenvalue weighted by atomic mass is 31.3. The fraction of sp³-hybridized carbons (Fsp3) is 0.528. The van der Waals surface area contributed by atoms with Crippen LogP contribution in [-0.2, 0) is 55.4 Å². The SMILES string of the molecule is CC1CC(C)(C)N(CCCC(=O)OC(C)(C)C)c2cc3oc(=O)c(C(=O)NCCCCCNC(=O)c4cccc(OCC(N)OCC(=O)NCC#Cc5cn(C6CC(OCN)C(COP(=O)(O)OP(=O)(O)OP(=O)(O)O)O6)c(=O)nc5N)c4)cc3cc21. The van der Waals surface area contributed by atoms with E-state index in [2.05, 4.69) is 71.6 Å². The smallest absolute Gasteiger partial charge is 0.489 e. The first-order chi connectivity index (χ1) is 40.7. The van der Waals surface area contributed by atoms with Crippen molar-refractivity contribution in [3.63, 3.8) is 0 Å². The lowest BCUT2D eigenvalue weighted by Crippen LogP contribution is -2.49. The maximum Gasteiger partial charge on any atom is 0.490 e. The van der Waals surface area contributed by atoms with Gasteiger partial charge in [0.05, 0.1) is 31.5 Å². The molecule has 13 N–H and O–H groups in total. The predicted octanol–water partition coefficient (Wildman–Crippen LogP) is 3.26. The van der Waals surface area contributed by atoms with E-state index in [0.29, 0.717) is 61.1 Å². The first kappa shape index (κ1) is 69.7. The average Bonchev–Trinajstić information content (AvgIpc) is 3.61. The van der Waals surface area contributed by atoms with Crippen molar-refractivity contribution in [1.82, 2.24) is 25.5 Å². The number of ether oxygens (including phenoxy) is 5. The predicted molar refractivity (Wildman–Crippen MR) is 311 cm³/mol. The Labute approximate surface area is 499 Å². The van der Waals surface area contributed by atoms with E-state index in [9.17, 15) is 52.2 Å². The number of benzene rings is 2. The zero-order chi connectivity index (χ0) is 64.1. The molecule has 0 aliphatic carbocycles. The number of hydrogen-bond donors (Lipinski definition) is 10. The average molecular weight is 1280 g/mol. The van der Waals surface area contributed by atoms with Gasteiger partial charge in [-0.3, -0.25) is 28.3 Å². The Balaban J connectivity index is 0.882. The quantitative estimate of drug-likeness (QED) is 0.00931. The number of rotatable bonds is 29. The number of carbonyl (C=O) groups excluding carboxylic acids is 4. The van der Waals surface area contributed by atoms with E-state index in [-0.39, 0.29) is 72.8 Å². The normalized spacial score (nSPS) is 19.1. The van der Waals surface area contributed by atoms with E-state index in [1.165, 1.54) is 12.3 Å². The van der Waals surface area contributed by atoms with E-state index in [1.54, 1.807) is 24.3 Å². The van der Waals surface area contributed by atoms with Crippen LogP contribution in [-0.4, -0.2) is 135 Å². The summed E-state index contributed by atoms with van der Waals surface area (Å²) in [5, 5.41) is 8.78. The number of nitrogen functional groups attached to an aromatic ring is 1. The van der Waals surface area contributed by atoms with Crippen molar-refractivity contribution >= 4 is 69.6 Å². The number of anilines is 2. The number of aromatic nitrogens is 2. The van der Waals surface area contributed by atoms with Crippen molar-refractivity contribution in [3.8, 4) is 17.6 Å². The molecule has 87 heavy (non-hydrogen) atoms. The highest BCUT2D eigenvalue weighted by Gasteiger charge is 2.44. The molecule has 2 aliphatic rings. The van der Waals surface area contributed by atoms with Gasteiger partial charge in [-0.25, -0.2) is 23.3 Å². The number of esters is 1. The molecule has 1 fully saturated rings. The number of nitrogens with zero attached hydrogens (tertiary/aromatic N) is 3. The second-order valence-electron chi connectivity index (χ2n) is 21.8. The molecule has 1 saturated heterocycles. The molecule has 34 heteroatoms. The molecule has 0 radical (unpaired) electrons. The highest BCUT2D eigenvalue weighted by Crippen LogP contribution is 2.66. The first-order valence-corrected chi connectivity index (χ1v) is 31.9. The topological polar surface area (TPSA) is 457 Å². The van der Waals surface area contributed by atoms with Crippen molar-refractivity contribution in [2.75, 3.05) is 63.4 Å². The van der Waals surface area contributed by atoms with Gasteiger partial charge in [0.25, 0.3) is 11.8 Å². The monoisotopic (exact) mass is 1280 g/mol. The third-order valence-corrected chi connectivity index (χ3v) is 17.0. The van der Waals surface area contributed by atoms with Crippen LogP contribution in [0.2, 0.25) is 0 Å².